The third kappa shape index (κ3) is 5.52. The number of para-hydroxylation sites is 1. The Morgan fingerprint density at radius 3 is 2.31 bits per heavy atom. The van der Waals surface area contributed by atoms with Gasteiger partial charge < -0.3 is 15.2 Å². The highest BCUT2D eigenvalue weighted by Crippen LogP contribution is 2.29. The molecule has 0 atom stereocenters. The van der Waals surface area contributed by atoms with Crippen LogP contribution in [0.5, 0.6) is 0 Å². The van der Waals surface area contributed by atoms with E-state index in [1.807, 2.05) is 0 Å². The van der Waals surface area contributed by atoms with Crippen molar-refractivity contribution < 1.29 is 27.2 Å². The van der Waals surface area contributed by atoms with Gasteiger partial charge in [-0.05, 0) is 42.5 Å². The number of benzene rings is 2. The van der Waals surface area contributed by atoms with E-state index in [1.165, 1.54) is 36.4 Å². The summed E-state index contributed by atoms with van der Waals surface area (Å²) in [5.74, 6) is -1.96. The minimum Gasteiger partial charge on any atom is -0.324 e. The summed E-state index contributed by atoms with van der Waals surface area (Å²) in [7, 11) is 0. The van der Waals surface area contributed by atoms with Crippen molar-refractivity contribution in [1.29, 1.82) is 0 Å². The fourth-order valence-corrected chi connectivity index (χ4v) is 2.96. The van der Waals surface area contributed by atoms with Crippen LogP contribution in [0.1, 0.15) is 15.9 Å². The summed E-state index contributed by atoms with van der Waals surface area (Å²) in [4.78, 5) is 37.0. The first-order chi connectivity index (χ1) is 15.0. The van der Waals surface area contributed by atoms with Crippen LogP contribution in [0.2, 0.25) is 5.02 Å². The molecule has 0 bridgehead atoms. The molecule has 0 unspecified atom stereocenters. The maximum Gasteiger partial charge on any atom is 0.417 e. The van der Waals surface area contributed by atoms with Crippen molar-refractivity contribution in [3.63, 3.8) is 0 Å². The van der Waals surface area contributed by atoms with Gasteiger partial charge in [0, 0.05) is 11.9 Å². The molecule has 3 aromatic rings. The summed E-state index contributed by atoms with van der Waals surface area (Å²) < 4.78 is 52.5. The fraction of sp³-hybridized carbons (Fsp3) is 0.0952. The summed E-state index contributed by atoms with van der Waals surface area (Å²) in [6.45, 7) is -0.767. The van der Waals surface area contributed by atoms with Crippen molar-refractivity contribution in [2.45, 2.75) is 12.7 Å². The molecule has 0 fully saturated rings. The summed E-state index contributed by atoms with van der Waals surface area (Å²) >= 11 is 5.58. The van der Waals surface area contributed by atoms with E-state index in [0.717, 1.165) is 12.1 Å². The number of amides is 2. The van der Waals surface area contributed by atoms with E-state index < -0.39 is 46.5 Å². The highest BCUT2D eigenvalue weighted by molar-refractivity contribution is 6.30. The summed E-state index contributed by atoms with van der Waals surface area (Å²) in [5.41, 5.74) is -1.75. The van der Waals surface area contributed by atoms with Gasteiger partial charge in [-0.3, -0.25) is 14.4 Å². The molecule has 2 aromatic carbocycles. The number of carbonyl (C=O) groups excluding carboxylic acids is 2. The van der Waals surface area contributed by atoms with Crippen LogP contribution in [-0.4, -0.2) is 16.4 Å². The van der Waals surface area contributed by atoms with Crippen LogP contribution in [0, 0.1) is 5.82 Å². The molecule has 0 aliphatic rings. The number of aromatic nitrogens is 1. The van der Waals surface area contributed by atoms with E-state index in [4.69, 9.17) is 11.6 Å². The molecule has 32 heavy (non-hydrogen) atoms. The minimum absolute atomic E-state index is 0.0413. The topological polar surface area (TPSA) is 80.2 Å². The van der Waals surface area contributed by atoms with E-state index in [-0.39, 0.29) is 11.3 Å². The number of anilines is 2. The Bertz CT molecular complexity index is 1220. The minimum atomic E-state index is -4.76. The Balaban J connectivity index is 1.79. The molecule has 0 aliphatic heterocycles. The smallest absolute Gasteiger partial charge is 0.324 e. The molecule has 0 spiro atoms. The molecule has 11 heteroatoms. The van der Waals surface area contributed by atoms with E-state index in [1.54, 1.807) is 0 Å². The van der Waals surface area contributed by atoms with Crippen LogP contribution in [0.4, 0.5) is 28.9 Å². The van der Waals surface area contributed by atoms with Gasteiger partial charge in [0.15, 0.2) is 0 Å². The summed E-state index contributed by atoms with van der Waals surface area (Å²) in [5, 5.41) is 4.24. The van der Waals surface area contributed by atoms with Crippen molar-refractivity contribution >= 4 is 34.8 Å². The summed E-state index contributed by atoms with van der Waals surface area (Å²) in [6.07, 6.45) is -4.28. The first kappa shape index (κ1) is 23.0. The normalized spacial score (nSPS) is 11.2. The average Bonchev–Trinajstić information content (AvgIpc) is 2.72. The number of nitrogens with one attached hydrogen (secondary N) is 2. The SMILES string of the molecule is O=C(Cn1cc(C(F)(F)F)cc(Cl)c1=O)Nc1ccccc1C(=O)Nc1ccc(F)cc1. The Morgan fingerprint density at radius 1 is 1.00 bits per heavy atom. The zero-order chi connectivity index (χ0) is 23.5. The van der Waals surface area contributed by atoms with Crippen molar-refractivity contribution in [3.05, 3.63) is 93.1 Å². The van der Waals surface area contributed by atoms with Gasteiger partial charge in [0.2, 0.25) is 5.91 Å². The molecule has 1 aromatic heterocycles. The van der Waals surface area contributed by atoms with E-state index in [9.17, 15) is 31.9 Å². The van der Waals surface area contributed by atoms with Gasteiger partial charge in [-0.2, -0.15) is 13.2 Å². The zero-order valence-electron chi connectivity index (χ0n) is 16.0. The molecule has 0 radical (unpaired) electrons. The van der Waals surface area contributed by atoms with Crippen LogP contribution in [0.3, 0.4) is 0 Å². The number of pyridine rings is 1. The van der Waals surface area contributed by atoms with Gasteiger partial charge in [0.25, 0.3) is 11.5 Å². The van der Waals surface area contributed by atoms with Crippen molar-refractivity contribution in [3.8, 4) is 0 Å². The lowest BCUT2D eigenvalue weighted by molar-refractivity contribution is -0.138. The van der Waals surface area contributed by atoms with Crippen molar-refractivity contribution in [2.24, 2.45) is 0 Å². The number of hydrogen-bond donors (Lipinski definition) is 2. The number of halogens is 5. The molecule has 0 saturated heterocycles. The maximum atomic E-state index is 13.0. The predicted octanol–water partition coefficient (Wildman–Crippen LogP) is 4.55. The average molecular weight is 468 g/mol. The van der Waals surface area contributed by atoms with Crippen molar-refractivity contribution in [1.82, 2.24) is 4.57 Å². The third-order valence-corrected chi connectivity index (χ3v) is 4.50. The van der Waals surface area contributed by atoms with Gasteiger partial charge in [0.1, 0.15) is 17.4 Å². The third-order valence-electron chi connectivity index (χ3n) is 4.23. The van der Waals surface area contributed by atoms with E-state index in [2.05, 4.69) is 10.6 Å². The first-order valence-electron chi connectivity index (χ1n) is 8.97. The second-order valence-electron chi connectivity index (χ2n) is 6.56. The summed E-state index contributed by atoms with van der Waals surface area (Å²) in [6, 6.07) is 11.3. The van der Waals surface area contributed by atoms with Gasteiger partial charge in [-0.1, -0.05) is 23.7 Å². The molecule has 0 aliphatic carbocycles. The zero-order valence-corrected chi connectivity index (χ0v) is 16.8. The molecule has 166 valence electrons. The number of carbonyl (C=O) groups is 2. The number of nitrogens with zero attached hydrogens (tertiary/aromatic N) is 1. The lowest BCUT2D eigenvalue weighted by atomic mass is 10.1. The fourth-order valence-electron chi connectivity index (χ4n) is 2.74. The number of rotatable bonds is 5. The molecule has 0 saturated carbocycles. The second kappa shape index (κ2) is 9.23. The van der Waals surface area contributed by atoms with Gasteiger partial charge in [-0.25, -0.2) is 4.39 Å². The van der Waals surface area contributed by atoms with E-state index in [0.29, 0.717) is 22.5 Å². The van der Waals surface area contributed by atoms with Gasteiger partial charge >= 0.3 is 6.18 Å². The van der Waals surface area contributed by atoms with Crippen molar-refractivity contribution in [2.75, 3.05) is 10.6 Å². The Hall–Kier alpha value is -3.66. The predicted molar refractivity (Wildman–Crippen MR) is 110 cm³/mol. The molecular formula is C21H14ClF4N3O3. The lowest BCUT2D eigenvalue weighted by Crippen LogP contribution is -2.29. The first-order valence-corrected chi connectivity index (χ1v) is 9.35. The van der Waals surface area contributed by atoms with Gasteiger partial charge in [0.05, 0.1) is 16.8 Å². The van der Waals surface area contributed by atoms with Crippen LogP contribution < -0.4 is 16.2 Å². The number of alkyl halides is 3. The molecule has 2 N–H and O–H groups in total. The highest BCUT2D eigenvalue weighted by atomic mass is 35.5. The Morgan fingerprint density at radius 2 is 1.66 bits per heavy atom. The lowest BCUT2D eigenvalue weighted by Gasteiger charge is -2.14. The van der Waals surface area contributed by atoms with Crippen LogP contribution in [-0.2, 0) is 17.5 Å². The molecule has 6 nitrogen and oxygen atoms in total. The van der Waals surface area contributed by atoms with Crippen LogP contribution in [0.15, 0.2) is 65.6 Å². The largest absolute Gasteiger partial charge is 0.417 e. The molecule has 3 rings (SSSR count). The Labute approximate surface area is 183 Å². The molecular weight excluding hydrogens is 454 g/mol. The highest BCUT2D eigenvalue weighted by Gasteiger charge is 2.32. The monoisotopic (exact) mass is 467 g/mol. The number of hydrogen-bond acceptors (Lipinski definition) is 3. The van der Waals surface area contributed by atoms with Crippen LogP contribution in [0.25, 0.3) is 0 Å². The maximum absolute atomic E-state index is 13.0. The second-order valence-corrected chi connectivity index (χ2v) is 6.97. The quantitative estimate of drug-likeness (QED) is 0.540. The van der Waals surface area contributed by atoms with E-state index >= 15 is 0 Å². The standard InChI is InChI=1S/C21H14ClF4N3O3/c22-16-9-12(21(24,25)26)10-29(20(16)32)11-18(30)28-17-4-2-1-3-15(17)19(31)27-14-7-5-13(23)6-8-14/h1-10H,11H2,(H,27,31)(H,28,30). The Kier molecular flexibility index (Phi) is 6.64. The van der Waals surface area contributed by atoms with Crippen LogP contribution >= 0.6 is 11.6 Å². The molecule has 2 amide bonds. The van der Waals surface area contributed by atoms with Gasteiger partial charge in [-0.15, -0.1) is 0 Å². The molecule has 1 heterocycles.